The molecule has 1 unspecified atom stereocenters. The summed E-state index contributed by atoms with van der Waals surface area (Å²) in [6.07, 6.45) is 0.788. The second-order valence-corrected chi connectivity index (χ2v) is 8.13. The highest BCUT2D eigenvalue weighted by atomic mass is 32.1. The van der Waals surface area contributed by atoms with Crippen molar-refractivity contribution in [2.24, 2.45) is 0 Å². The van der Waals surface area contributed by atoms with E-state index in [0.29, 0.717) is 6.04 Å². The van der Waals surface area contributed by atoms with Crippen LogP contribution in [0.25, 0.3) is 0 Å². The summed E-state index contributed by atoms with van der Waals surface area (Å²) >= 11 is 1.75. The second-order valence-electron chi connectivity index (χ2n) is 7.02. The predicted octanol–water partition coefficient (Wildman–Crippen LogP) is 1.96. The number of quaternary nitrogens is 1. The first-order chi connectivity index (χ1) is 12.1. The SMILES string of the molecule is COc1ccc([C@@H]2NC(=O)c3c(sc4c3CC[NH+](C(C)C)C4)N2)cc1. The molecular weight excluding hydrogens is 334 g/mol. The highest BCUT2D eigenvalue weighted by Crippen LogP contribution is 2.39. The van der Waals surface area contributed by atoms with E-state index in [1.165, 1.54) is 10.4 Å². The molecule has 6 heteroatoms. The van der Waals surface area contributed by atoms with E-state index in [0.717, 1.165) is 41.4 Å². The van der Waals surface area contributed by atoms with E-state index in [2.05, 4.69) is 24.5 Å². The zero-order valence-electron chi connectivity index (χ0n) is 14.8. The first-order valence-electron chi connectivity index (χ1n) is 8.77. The van der Waals surface area contributed by atoms with Crippen molar-refractivity contribution in [3.05, 3.63) is 45.8 Å². The lowest BCUT2D eigenvalue weighted by Gasteiger charge is -2.28. The van der Waals surface area contributed by atoms with Crippen LogP contribution >= 0.6 is 11.3 Å². The van der Waals surface area contributed by atoms with Crippen molar-refractivity contribution in [2.75, 3.05) is 19.0 Å². The van der Waals surface area contributed by atoms with Gasteiger partial charge in [0.15, 0.2) is 0 Å². The molecule has 4 rings (SSSR count). The van der Waals surface area contributed by atoms with Crippen LogP contribution in [0, 0.1) is 0 Å². The molecule has 0 spiro atoms. The maximum absolute atomic E-state index is 12.8. The van der Waals surface area contributed by atoms with E-state index in [4.69, 9.17) is 4.74 Å². The Kier molecular flexibility index (Phi) is 4.17. The van der Waals surface area contributed by atoms with Crippen molar-refractivity contribution in [3.8, 4) is 5.75 Å². The molecule has 2 aliphatic heterocycles. The molecule has 5 nitrogen and oxygen atoms in total. The monoisotopic (exact) mass is 358 g/mol. The molecule has 3 N–H and O–H groups in total. The fraction of sp³-hybridized carbons (Fsp3) is 0.421. The van der Waals surface area contributed by atoms with Crippen molar-refractivity contribution in [2.45, 2.75) is 39.0 Å². The smallest absolute Gasteiger partial charge is 0.256 e. The summed E-state index contributed by atoms with van der Waals surface area (Å²) < 4.78 is 5.21. The maximum Gasteiger partial charge on any atom is 0.256 e. The molecule has 0 fully saturated rings. The van der Waals surface area contributed by atoms with Crippen LogP contribution in [0.4, 0.5) is 5.00 Å². The van der Waals surface area contributed by atoms with Gasteiger partial charge in [0.2, 0.25) is 0 Å². The number of methoxy groups -OCH3 is 1. The van der Waals surface area contributed by atoms with Gasteiger partial charge in [0, 0.05) is 6.42 Å². The van der Waals surface area contributed by atoms with Gasteiger partial charge in [0.1, 0.15) is 23.5 Å². The Morgan fingerprint density at radius 2 is 2.00 bits per heavy atom. The van der Waals surface area contributed by atoms with Crippen molar-refractivity contribution in [1.29, 1.82) is 0 Å². The number of anilines is 1. The van der Waals surface area contributed by atoms with Gasteiger partial charge >= 0.3 is 0 Å². The number of thiophene rings is 1. The Hall–Kier alpha value is -2.05. The standard InChI is InChI=1S/C19H23N3O2S/c1-11(2)22-9-8-14-15(10-22)25-19-16(14)18(23)20-17(21-19)12-4-6-13(24-3)7-5-12/h4-7,11,17,21H,8-10H2,1-3H3,(H,20,23)/p+1/t17-/m1/s1. The van der Waals surface area contributed by atoms with E-state index in [1.54, 1.807) is 23.3 Å². The molecule has 25 heavy (non-hydrogen) atoms. The third-order valence-corrected chi connectivity index (χ3v) is 6.38. The molecule has 2 atom stereocenters. The average molecular weight is 358 g/mol. The Labute approximate surface area is 152 Å². The van der Waals surface area contributed by atoms with Crippen molar-refractivity contribution in [1.82, 2.24) is 5.32 Å². The molecule has 0 bridgehead atoms. The van der Waals surface area contributed by atoms with E-state index in [-0.39, 0.29) is 12.1 Å². The van der Waals surface area contributed by atoms with E-state index in [9.17, 15) is 4.79 Å². The van der Waals surface area contributed by atoms with Crippen molar-refractivity contribution < 1.29 is 14.4 Å². The number of carbonyl (C=O) groups excluding carboxylic acids is 1. The number of rotatable bonds is 3. The zero-order chi connectivity index (χ0) is 17.6. The van der Waals surface area contributed by atoms with Gasteiger partial charge in [-0.3, -0.25) is 4.79 Å². The summed E-state index contributed by atoms with van der Waals surface area (Å²) in [6.45, 7) is 6.65. The lowest BCUT2D eigenvalue weighted by Crippen LogP contribution is -3.14. The molecular formula is C19H24N3O2S+. The summed E-state index contributed by atoms with van der Waals surface area (Å²) in [5.74, 6) is 0.856. The van der Waals surface area contributed by atoms with Gasteiger partial charge in [-0.05, 0) is 37.1 Å². The number of amides is 1. The summed E-state index contributed by atoms with van der Waals surface area (Å²) in [6, 6.07) is 8.42. The third kappa shape index (κ3) is 2.89. The van der Waals surface area contributed by atoms with E-state index in [1.807, 2.05) is 24.3 Å². The van der Waals surface area contributed by atoms with E-state index < -0.39 is 0 Å². The van der Waals surface area contributed by atoms with E-state index >= 15 is 0 Å². The van der Waals surface area contributed by atoms with Crippen LogP contribution in [0.5, 0.6) is 5.75 Å². The Balaban J connectivity index is 1.62. The number of hydrogen-bond donors (Lipinski definition) is 3. The predicted molar refractivity (Wildman–Crippen MR) is 99.5 cm³/mol. The second kappa shape index (κ2) is 6.35. The Morgan fingerprint density at radius 3 is 2.68 bits per heavy atom. The minimum absolute atomic E-state index is 0.0417. The summed E-state index contributed by atoms with van der Waals surface area (Å²) in [5, 5.41) is 7.64. The van der Waals surface area contributed by atoms with Crippen LogP contribution < -0.4 is 20.3 Å². The molecule has 1 aromatic carbocycles. The Bertz CT molecular complexity index is 798. The highest BCUT2D eigenvalue weighted by molar-refractivity contribution is 7.16. The molecule has 132 valence electrons. The topological polar surface area (TPSA) is 54.8 Å². The molecule has 0 radical (unpaired) electrons. The minimum Gasteiger partial charge on any atom is -0.497 e. The molecule has 3 heterocycles. The van der Waals surface area contributed by atoms with Gasteiger partial charge < -0.3 is 20.3 Å². The molecule has 2 aromatic rings. The molecule has 0 saturated carbocycles. The number of ether oxygens (including phenoxy) is 1. The van der Waals surface area contributed by atoms with Gasteiger partial charge in [-0.25, -0.2) is 0 Å². The zero-order valence-corrected chi connectivity index (χ0v) is 15.6. The van der Waals surface area contributed by atoms with Crippen LogP contribution in [-0.2, 0) is 13.0 Å². The average Bonchev–Trinajstić information content (AvgIpc) is 2.99. The van der Waals surface area contributed by atoms with Crippen LogP contribution in [0.15, 0.2) is 24.3 Å². The molecule has 1 amide bonds. The number of fused-ring (bicyclic) bond motifs is 3. The number of nitrogens with one attached hydrogen (secondary N) is 3. The normalized spacial score (nSPS) is 22.0. The fourth-order valence-electron chi connectivity index (χ4n) is 3.67. The van der Waals surface area contributed by atoms with Crippen molar-refractivity contribution >= 4 is 22.2 Å². The van der Waals surface area contributed by atoms with Crippen LogP contribution in [0.1, 0.15) is 46.4 Å². The first kappa shape index (κ1) is 16.4. The van der Waals surface area contributed by atoms with Crippen LogP contribution in [-0.4, -0.2) is 25.6 Å². The lowest BCUT2D eigenvalue weighted by molar-refractivity contribution is -0.936. The van der Waals surface area contributed by atoms with Crippen LogP contribution in [0.3, 0.4) is 0 Å². The van der Waals surface area contributed by atoms with Gasteiger partial charge in [0.25, 0.3) is 5.91 Å². The van der Waals surface area contributed by atoms with Gasteiger partial charge in [0.05, 0.1) is 30.1 Å². The maximum atomic E-state index is 12.8. The third-order valence-electron chi connectivity index (χ3n) is 5.22. The number of hydrogen-bond acceptors (Lipinski definition) is 4. The quantitative estimate of drug-likeness (QED) is 0.786. The van der Waals surface area contributed by atoms with Crippen molar-refractivity contribution in [3.63, 3.8) is 0 Å². The van der Waals surface area contributed by atoms with Gasteiger partial charge in [-0.15, -0.1) is 11.3 Å². The minimum atomic E-state index is -0.195. The largest absolute Gasteiger partial charge is 0.497 e. The summed E-state index contributed by atoms with van der Waals surface area (Å²) in [7, 11) is 1.65. The molecule has 0 aliphatic carbocycles. The fourth-order valence-corrected chi connectivity index (χ4v) is 4.99. The van der Waals surface area contributed by atoms with Gasteiger partial charge in [-0.1, -0.05) is 12.1 Å². The highest BCUT2D eigenvalue weighted by Gasteiger charge is 2.35. The molecule has 1 aromatic heterocycles. The summed E-state index contributed by atoms with van der Waals surface area (Å²) in [5.41, 5.74) is 3.15. The lowest BCUT2D eigenvalue weighted by atomic mass is 9.99. The Morgan fingerprint density at radius 1 is 1.24 bits per heavy atom. The number of benzene rings is 1. The molecule has 0 saturated heterocycles. The summed E-state index contributed by atoms with van der Waals surface area (Å²) in [4.78, 5) is 15.7. The van der Waals surface area contributed by atoms with Crippen LogP contribution in [0.2, 0.25) is 0 Å². The first-order valence-corrected chi connectivity index (χ1v) is 9.59. The number of carbonyl (C=O) groups is 1. The van der Waals surface area contributed by atoms with Gasteiger partial charge in [-0.2, -0.15) is 0 Å². The molecule has 2 aliphatic rings.